The molecule has 0 N–H and O–H groups in total. The van der Waals surface area contributed by atoms with Gasteiger partial charge in [0.2, 0.25) is 0 Å². The molecule has 0 saturated heterocycles. The maximum absolute atomic E-state index is 12.9. The number of nitrogens with zero attached hydrogens (tertiary/aromatic N) is 1. The molecule has 0 saturated carbocycles. The molecule has 3 aromatic rings. The van der Waals surface area contributed by atoms with Gasteiger partial charge in [0.15, 0.2) is 11.6 Å². The summed E-state index contributed by atoms with van der Waals surface area (Å²) in [4.78, 5) is 41.9. The van der Waals surface area contributed by atoms with Gasteiger partial charge in [0.1, 0.15) is 11.5 Å². The molecule has 0 unspecified atom stereocenters. The van der Waals surface area contributed by atoms with E-state index in [0.29, 0.717) is 50.6 Å². The Morgan fingerprint density at radius 3 is 2.21 bits per heavy atom. The van der Waals surface area contributed by atoms with Crippen molar-refractivity contribution in [1.29, 1.82) is 0 Å². The fraction of sp³-hybridized carbons (Fsp3) is 0.0435. The summed E-state index contributed by atoms with van der Waals surface area (Å²) in [7, 11) is 0. The van der Waals surface area contributed by atoms with Crippen molar-refractivity contribution in [3.8, 4) is 11.3 Å². The van der Waals surface area contributed by atoms with Gasteiger partial charge in [0, 0.05) is 27.8 Å². The van der Waals surface area contributed by atoms with Crippen LogP contribution in [-0.2, 0) is 9.63 Å². The predicted molar refractivity (Wildman–Crippen MR) is 105 cm³/mol. The number of hydrogen-bond acceptors (Lipinski definition) is 6. The predicted octanol–water partition coefficient (Wildman–Crippen LogP) is 4.04. The Bertz CT molecular complexity index is 1290. The lowest BCUT2D eigenvalue weighted by Crippen LogP contribution is -2.20. The number of furan rings is 1. The van der Waals surface area contributed by atoms with E-state index in [2.05, 4.69) is 9.99 Å². The van der Waals surface area contributed by atoms with Crippen LogP contribution < -0.4 is 0 Å². The van der Waals surface area contributed by atoms with Crippen molar-refractivity contribution in [3.05, 3.63) is 88.2 Å². The van der Waals surface area contributed by atoms with Crippen molar-refractivity contribution >= 4 is 29.3 Å². The molecule has 140 valence electrons. The van der Waals surface area contributed by atoms with Crippen molar-refractivity contribution in [2.24, 2.45) is 5.16 Å². The van der Waals surface area contributed by atoms with E-state index in [4.69, 9.17) is 4.42 Å². The lowest BCUT2D eigenvalue weighted by Gasteiger charge is -2.17. The zero-order valence-corrected chi connectivity index (χ0v) is 15.3. The number of benzene rings is 2. The number of fused-ring (bicyclic) bond motifs is 2. The van der Waals surface area contributed by atoms with E-state index in [1.807, 2.05) is 0 Å². The van der Waals surface area contributed by atoms with Crippen LogP contribution in [0, 0.1) is 0 Å². The topological polar surface area (TPSA) is 85.9 Å². The number of hydrogen-bond donors (Lipinski definition) is 0. The van der Waals surface area contributed by atoms with Gasteiger partial charge >= 0.3 is 5.97 Å². The number of carbonyl (C=O) groups is 3. The van der Waals surface area contributed by atoms with Crippen LogP contribution in [0.3, 0.4) is 0 Å². The second-order valence-corrected chi connectivity index (χ2v) is 6.78. The minimum absolute atomic E-state index is 0.166. The van der Waals surface area contributed by atoms with Crippen LogP contribution in [0.2, 0.25) is 0 Å². The van der Waals surface area contributed by atoms with Gasteiger partial charge in [0.25, 0.3) is 0 Å². The molecule has 2 aliphatic rings. The Hall–Kier alpha value is -4.06. The molecule has 0 bridgehead atoms. The van der Waals surface area contributed by atoms with Gasteiger partial charge in [-0.2, -0.15) is 0 Å². The molecule has 0 radical (unpaired) electrons. The monoisotopic (exact) mass is 383 g/mol. The lowest BCUT2D eigenvalue weighted by atomic mass is 9.83. The zero-order valence-electron chi connectivity index (χ0n) is 15.3. The van der Waals surface area contributed by atoms with Crippen LogP contribution in [0.5, 0.6) is 0 Å². The van der Waals surface area contributed by atoms with Crippen LogP contribution in [0.25, 0.3) is 17.4 Å². The molecule has 2 aromatic carbocycles. The standard InChI is InChI=1S/C23H13NO5/c1-12-18(23(27)29-24-12)11-14-7-9-20(28-14)13-6-8-17-19(10-13)22(26)16-5-3-2-4-15(16)21(17)25/h2-11H,1H3/b18-11-. The van der Waals surface area contributed by atoms with E-state index in [-0.39, 0.29) is 11.6 Å². The third-order valence-corrected chi connectivity index (χ3v) is 5.00. The SMILES string of the molecule is CC1=NOC(=O)/C1=C\c1ccc(-c2ccc3c(c2)C(=O)c2ccccc2C3=O)o1. The first-order valence-electron chi connectivity index (χ1n) is 8.93. The molecule has 0 fully saturated rings. The van der Waals surface area contributed by atoms with Crippen LogP contribution in [0.4, 0.5) is 0 Å². The molecule has 5 rings (SSSR count). The lowest BCUT2D eigenvalue weighted by molar-refractivity contribution is -0.136. The molecule has 1 aliphatic carbocycles. The number of carbonyl (C=O) groups excluding carboxylic acids is 3. The van der Waals surface area contributed by atoms with Crippen molar-refractivity contribution in [3.63, 3.8) is 0 Å². The van der Waals surface area contributed by atoms with Gasteiger partial charge in [-0.3, -0.25) is 9.59 Å². The smallest absolute Gasteiger partial charge is 0.367 e. The number of rotatable bonds is 2. The van der Waals surface area contributed by atoms with Crippen molar-refractivity contribution < 1.29 is 23.6 Å². The van der Waals surface area contributed by atoms with E-state index < -0.39 is 5.97 Å². The highest BCUT2D eigenvalue weighted by molar-refractivity contribution is 6.28. The largest absolute Gasteiger partial charge is 0.457 e. The third kappa shape index (κ3) is 2.65. The van der Waals surface area contributed by atoms with Crippen LogP contribution >= 0.6 is 0 Å². The number of ketones is 2. The summed E-state index contributed by atoms with van der Waals surface area (Å²) in [6, 6.07) is 15.3. The van der Waals surface area contributed by atoms with E-state index in [1.165, 1.54) is 0 Å². The third-order valence-electron chi connectivity index (χ3n) is 5.00. The summed E-state index contributed by atoms with van der Waals surface area (Å²) in [6.07, 6.45) is 1.56. The molecule has 0 spiro atoms. The highest BCUT2D eigenvalue weighted by Gasteiger charge is 2.29. The molecule has 1 aromatic heterocycles. The van der Waals surface area contributed by atoms with E-state index >= 15 is 0 Å². The van der Waals surface area contributed by atoms with Gasteiger partial charge in [-0.1, -0.05) is 35.5 Å². The Labute approximate surface area is 165 Å². The van der Waals surface area contributed by atoms with Crippen LogP contribution in [-0.4, -0.2) is 23.2 Å². The molecule has 2 heterocycles. The average Bonchev–Trinajstić information content (AvgIpc) is 3.34. The van der Waals surface area contributed by atoms with Gasteiger partial charge in [0.05, 0.1) is 11.3 Å². The molecular weight excluding hydrogens is 370 g/mol. The Balaban J connectivity index is 1.53. The first-order valence-corrected chi connectivity index (χ1v) is 8.93. The minimum atomic E-state index is -0.531. The minimum Gasteiger partial charge on any atom is -0.457 e. The van der Waals surface area contributed by atoms with Crippen molar-refractivity contribution in [2.45, 2.75) is 6.92 Å². The van der Waals surface area contributed by atoms with Crippen molar-refractivity contribution in [1.82, 2.24) is 0 Å². The second-order valence-electron chi connectivity index (χ2n) is 6.78. The fourth-order valence-corrected chi connectivity index (χ4v) is 3.50. The quantitative estimate of drug-likeness (QED) is 0.385. The van der Waals surface area contributed by atoms with Gasteiger partial charge in [-0.05, 0) is 37.3 Å². The summed E-state index contributed by atoms with van der Waals surface area (Å²) in [5, 5.41) is 3.63. The molecule has 1 aliphatic heterocycles. The highest BCUT2D eigenvalue weighted by Crippen LogP contribution is 2.32. The summed E-state index contributed by atoms with van der Waals surface area (Å²) in [6.45, 7) is 1.67. The maximum Gasteiger partial charge on any atom is 0.367 e. The van der Waals surface area contributed by atoms with E-state index in [0.717, 1.165) is 0 Å². The summed E-state index contributed by atoms with van der Waals surface area (Å²) < 4.78 is 5.82. The molecule has 6 heteroatoms. The first-order chi connectivity index (χ1) is 14.0. The van der Waals surface area contributed by atoms with Gasteiger partial charge in [-0.15, -0.1) is 0 Å². The van der Waals surface area contributed by atoms with E-state index in [1.54, 1.807) is 67.6 Å². The maximum atomic E-state index is 12.9. The first kappa shape index (κ1) is 17.1. The molecular formula is C23H13NO5. The molecule has 6 nitrogen and oxygen atoms in total. The van der Waals surface area contributed by atoms with Gasteiger partial charge < -0.3 is 9.25 Å². The normalized spacial score (nSPS) is 16.5. The molecule has 29 heavy (non-hydrogen) atoms. The Morgan fingerprint density at radius 2 is 1.52 bits per heavy atom. The highest BCUT2D eigenvalue weighted by atomic mass is 16.7. The summed E-state index contributed by atoms with van der Waals surface area (Å²) in [5.74, 6) is 0.0817. The van der Waals surface area contributed by atoms with Crippen molar-refractivity contribution in [2.75, 3.05) is 0 Å². The zero-order chi connectivity index (χ0) is 20.1. The second kappa shape index (κ2) is 6.24. The number of oxime groups is 1. The van der Waals surface area contributed by atoms with Crippen LogP contribution in [0.1, 0.15) is 44.5 Å². The Kier molecular flexibility index (Phi) is 3.67. The molecule has 0 amide bonds. The Morgan fingerprint density at radius 1 is 0.828 bits per heavy atom. The van der Waals surface area contributed by atoms with Crippen LogP contribution in [0.15, 0.2) is 69.7 Å². The van der Waals surface area contributed by atoms with Gasteiger partial charge in [-0.25, -0.2) is 4.79 Å². The molecule has 0 atom stereocenters. The van der Waals surface area contributed by atoms with E-state index in [9.17, 15) is 14.4 Å². The fourth-order valence-electron chi connectivity index (χ4n) is 3.50. The summed E-state index contributed by atoms with van der Waals surface area (Å²) in [5.41, 5.74) is 3.02. The average molecular weight is 383 g/mol. The summed E-state index contributed by atoms with van der Waals surface area (Å²) >= 11 is 0.